The Hall–Kier alpha value is -0.190. The number of aryl methyl sites for hydroxylation is 1. The van der Waals surface area contributed by atoms with E-state index in [-0.39, 0.29) is 0 Å². The fourth-order valence-corrected chi connectivity index (χ4v) is 2.47. The predicted octanol–water partition coefficient (Wildman–Crippen LogP) is 2.65. The molecule has 0 bridgehead atoms. The predicted molar refractivity (Wildman–Crippen MR) is 52.7 cm³/mol. The molecule has 2 nitrogen and oxygen atoms in total. The summed E-state index contributed by atoms with van der Waals surface area (Å²) in [6, 6.07) is 3.70. The van der Waals surface area contributed by atoms with E-state index < -0.39 is 11.1 Å². The minimum atomic E-state index is -1.91. The van der Waals surface area contributed by atoms with Crippen LogP contribution in [0.4, 0.5) is 0 Å². The molecule has 0 amide bonds. The van der Waals surface area contributed by atoms with E-state index in [9.17, 15) is 4.21 Å². The molecule has 1 unspecified atom stereocenters. The molecule has 0 aromatic heterocycles. The number of rotatable bonds is 1. The topological polar surface area (TPSA) is 37.3 Å². The molecule has 66 valence electrons. The van der Waals surface area contributed by atoms with Gasteiger partial charge in [-0.2, -0.15) is 0 Å². The normalized spacial score (nSPS) is 13.0. The first-order valence-corrected chi connectivity index (χ1v) is 5.30. The van der Waals surface area contributed by atoms with Crippen molar-refractivity contribution in [2.24, 2.45) is 0 Å². The first-order valence-electron chi connectivity index (χ1n) is 3.40. The standard InChI is InChI=1S/C8H9BrO2S/c1-5-3-4-7(9)8(6(5)2)12(10)11/h3-4H,1-2H3,(H,10,11). The maximum absolute atomic E-state index is 10.9. The Labute approximate surface area is 82.4 Å². The van der Waals surface area contributed by atoms with E-state index in [4.69, 9.17) is 4.55 Å². The fourth-order valence-electron chi connectivity index (χ4n) is 0.971. The molecule has 1 aromatic rings. The minimum Gasteiger partial charge on any atom is -0.302 e. The van der Waals surface area contributed by atoms with E-state index in [1.807, 2.05) is 19.9 Å². The van der Waals surface area contributed by atoms with Crippen molar-refractivity contribution in [3.8, 4) is 0 Å². The lowest BCUT2D eigenvalue weighted by Crippen LogP contribution is -1.96. The van der Waals surface area contributed by atoms with Crippen LogP contribution in [0.5, 0.6) is 0 Å². The van der Waals surface area contributed by atoms with Crippen molar-refractivity contribution in [1.82, 2.24) is 0 Å². The van der Waals surface area contributed by atoms with Crippen LogP contribution in [0.25, 0.3) is 0 Å². The summed E-state index contributed by atoms with van der Waals surface area (Å²) in [5, 5.41) is 0. The third kappa shape index (κ3) is 1.76. The van der Waals surface area contributed by atoms with E-state index >= 15 is 0 Å². The lowest BCUT2D eigenvalue weighted by molar-refractivity contribution is 0.563. The summed E-state index contributed by atoms with van der Waals surface area (Å²) in [6.07, 6.45) is 0. The molecule has 12 heavy (non-hydrogen) atoms. The van der Waals surface area contributed by atoms with Crippen molar-refractivity contribution in [3.63, 3.8) is 0 Å². The molecule has 0 fully saturated rings. The van der Waals surface area contributed by atoms with Crippen LogP contribution in [0.3, 0.4) is 0 Å². The number of halogens is 1. The van der Waals surface area contributed by atoms with Crippen LogP contribution in [0.15, 0.2) is 21.5 Å². The second-order valence-corrected chi connectivity index (χ2v) is 4.33. The number of hydrogen-bond donors (Lipinski definition) is 1. The molecule has 1 aromatic carbocycles. The average Bonchev–Trinajstić information content (AvgIpc) is 1.97. The largest absolute Gasteiger partial charge is 0.302 e. The van der Waals surface area contributed by atoms with Crippen LogP contribution < -0.4 is 0 Å². The van der Waals surface area contributed by atoms with Gasteiger partial charge in [0.05, 0.1) is 4.90 Å². The van der Waals surface area contributed by atoms with Crippen molar-refractivity contribution in [2.45, 2.75) is 18.7 Å². The first-order chi connectivity index (χ1) is 5.54. The van der Waals surface area contributed by atoms with Gasteiger partial charge in [0.1, 0.15) is 0 Å². The third-order valence-corrected chi connectivity index (χ3v) is 3.60. The Morgan fingerprint density at radius 2 is 2.00 bits per heavy atom. The number of benzene rings is 1. The zero-order valence-corrected chi connectivity index (χ0v) is 9.20. The van der Waals surface area contributed by atoms with Crippen LogP contribution in [0.2, 0.25) is 0 Å². The molecule has 1 atom stereocenters. The van der Waals surface area contributed by atoms with E-state index in [2.05, 4.69) is 15.9 Å². The Kier molecular flexibility index (Phi) is 3.04. The summed E-state index contributed by atoms with van der Waals surface area (Å²) in [4.78, 5) is 0.468. The second kappa shape index (κ2) is 3.68. The zero-order valence-electron chi connectivity index (χ0n) is 6.80. The van der Waals surface area contributed by atoms with Gasteiger partial charge in [0.25, 0.3) is 0 Å². The van der Waals surface area contributed by atoms with Crippen molar-refractivity contribution >= 4 is 27.0 Å². The average molecular weight is 249 g/mol. The summed E-state index contributed by atoms with van der Waals surface area (Å²) in [5.74, 6) is 0. The molecule has 0 spiro atoms. The maximum atomic E-state index is 10.9. The molecule has 0 aliphatic heterocycles. The SMILES string of the molecule is Cc1ccc(Br)c(S(=O)O)c1C. The molecule has 0 heterocycles. The maximum Gasteiger partial charge on any atom is 0.187 e. The quantitative estimate of drug-likeness (QED) is 0.777. The van der Waals surface area contributed by atoms with Gasteiger partial charge in [0.15, 0.2) is 11.1 Å². The summed E-state index contributed by atoms with van der Waals surface area (Å²) < 4.78 is 20.5. The van der Waals surface area contributed by atoms with Gasteiger partial charge in [-0.1, -0.05) is 6.07 Å². The monoisotopic (exact) mass is 248 g/mol. The second-order valence-electron chi connectivity index (χ2n) is 2.57. The summed E-state index contributed by atoms with van der Waals surface area (Å²) in [7, 11) is 0. The van der Waals surface area contributed by atoms with Crippen molar-refractivity contribution < 1.29 is 8.76 Å². The van der Waals surface area contributed by atoms with E-state index in [0.717, 1.165) is 11.1 Å². The first kappa shape index (κ1) is 9.89. The molecule has 1 N–H and O–H groups in total. The van der Waals surface area contributed by atoms with Gasteiger partial charge >= 0.3 is 0 Å². The van der Waals surface area contributed by atoms with E-state index in [1.54, 1.807) is 6.07 Å². The van der Waals surface area contributed by atoms with Gasteiger partial charge in [-0.15, -0.1) is 0 Å². The summed E-state index contributed by atoms with van der Waals surface area (Å²) in [5.41, 5.74) is 1.89. The van der Waals surface area contributed by atoms with Crippen LogP contribution >= 0.6 is 15.9 Å². The van der Waals surface area contributed by atoms with Crippen molar-refractivity contribution in [1.29, 1.82) is 0 Å². The smallest absolute Gasteiger partial charge is 0.187 e. The Morgan fingerprint density at radius 1 is 1.42 bits per heavy atom. The molecule has 0 aliphatic rings. The fraction of sp³-hybridized carbons (Fsp3) is 0.250. The summed E-state index contributed by atoms with van der Waals surface area (Å²) >= 11 is 1.32. The minimum absolute atomic E-state index is 0.468. The molecular formula is C8H9BrO2S. The highest BCUT2D eigenvalue weighted by atomic mass is 79.9. The van der Waals surface area contributed by atoms with Gasteiger partial charge < -0.3 is 4.55 Å². The lowest BCUT2D eigenvalue weighted by Gasteiger charge is -2.06. The molecule has 0 saturated heterocycles. The summed E-state index contributed by atoms with van der Waals surface area (Å²) in [6.45, 7) is 3.75. The van der Waals surface area contributed by atoms with E-state index in [1.165, 1.54) is 0 Å². The van der Waals surface area contributed by atoms with Gasteiger partial charge in [0, 0.05) is 4.47 Å². The molecule has 0 aliphatic carbocycles. The Bertz CT molecular complexity index is 336. The molecule has 1 rings (SSSR count). The Balaban J connectivity index is 3.43. The van der Waals surface area contributed by atoms with Crippen LogP contribution in [0.1, 0.15) is 11.1 Å². The van der Waals surface area contributed by atoms with Gasteiger partial charge in [-0.05, 0) is 47.0 Å². The van der Waals surface area contributed by atoms with E-state index in [0.29, 0.717) is 9.37 Å². The van der Waals surface area contributed by atoms with Crippen LogP contribution in [-0.2, 0) is 11.1 Å². The van der Waals surface area contributed by atoms with Gasteiger partial charge in [0.2, 0.25) is 0 Å². The highest BCUT2D eigenvalue weighted by Gasteiger charge is 2.10. The highest BCUT2D eigenvalue weighted by molar-refractivity contribution is 9.10. The van der Waals surface area contributed by atoms with Crippen molar-refractivity contribution in [3.05, 3.63) is 27.7 Å². The van der Waals surface area contributed by atoms with Crippen molar-refractivity contribution in [2.75, 3.05) is 0 Å². The molecular weight excluding hydrogens is 240 g/mol. The van der Waals surface area contributed by atoms with Crippen LogP contribution in [-0.4, -0.2) is 8.76 Å². The molecule has 0 saturated carbocycles. The Morgan fingerprint density at radius 3 is 2.42 bits per heavy atom. The third-order valence-electron chi connectivity index (χ3n) is 1.80. The van der Waals surface area contributed by atoms with Gasteiger partial charge in [-0.3, -0.25) is 0 Å². The van der Waals surface area contributed by atoms with Crippen LogP contribution in [0, 0.1) is 13.8 Å². The van der Waals surface area contributed by atoms with Gasteiger partial charge in [-0.25, -0.2) is 4.21 Å². The molecule has 4 heteroatoms. The zero-order chi connectivity index (χ0) is 9.30. The molecule has 0 radical (unpaired) electrons. The lowest BCUT2D eigenvalue weighted by atomic mass is 10.1. The highest BCUT2D eigenvalue weighted by Crippen LogP contribution is 2.25. The number of hydrogen-bond acceptors (Lipinski definition) is 1.